The van der Waals surface area contributed by atoms with E-state index in [9.17, 15) is 4.39 Å². The highest BCUT2D eigenvalue weighted by atomic mass is 127. The molecule has 0 amide bonds. The van der Waals surface area contributed by atoms with E-state index in [1.54, 1.807) is 13.2 Å². The van der Waals surface area contributed by atoms with Crippen LogP contribution in [0.4, 0.5) is 4.39 Å². The van der Waals surface area contributed by atoms with Crippen molar-refractivity contribution >= 4 is 29.9 Å². The average molecular weight is 488 g/mol. The Labute approximate surface area is 178 Å². The van der Waals surface area contributed by atoms with Gasteiger partial charge in [0.1, 0.15) is 5.82 Å². The third kappa shape index (κ3) is 5.89. The van der Waals surface area contributed by atoms with Crippen LogP contribution in [0.2, 0.25) is 0 Å². The van der Waals surface area contributed by atoms with E-state index in [0.29, 0.717) is 18.2 Å². The molecule has 150 valence electrons. The van der Waals surface area contributed by atoms with E-state index in [4.69, 9.17) is 9.73 Å². The zero-order chi connectivity index (χ0) is 18.4. The van der Waals surface area contributed by atoms with Gasteiger partial charge in [0.15, 0.2) is 5.96 Å². The summed E-state index contributed by atoms with van der Waals surface area (Å²) in [5.41, 5.74) is 1.57. The fraction of sp³-hybridized carbons (Fsp3) is 0.550. The van der Waals surface area contributed by atoms with Gasteiger partial charge in [-0.1, -0.05) is 18.2 Å². The number of hydrogen-bond acceptors (Lipinski definition) is 3. The minimum atomic E-state index is -0.229. The largest absolute Gasteiger partial charge is 0.380 e. The molecule has 0 saturated carbocycles. The Kier molecular flexibility index (Phi) is 8.98. The lowest BCUT2D eigenvalue weighted by Gasteiger charge is -2.25. The van der Waals surface area contributed by atoms with Crippen molar-refractivity contribution in [3.05, 3.63) is 47.3 Å². The summed E-state index contributed by atoms with van der Waals surface area (Å²) in [4.78, 5) is 9.65. The highest BCUT2D eigenvalue weighted by Crippen LogP contribution is 2.18. The van der Waals surface area contributed by atoms with Crippen LogP contribution in [0.1, 0.15) is 24.5 Å². The van der Waals surface area contributed by atoms with Crippen LogP contribution in [0.15, 0.2) is 35.3 Å². The number of hydrogen-bond donors (Lipinski definition) is 1. The summed E-state index contributed by atoms with van der Waals surface area (Å²) in [5.74, 6) is 0.716. The number of likely N-dealkylation sites (tertiary alicyclic amines) is 1. The molecule has 3 rings (SSSR count). The van der Waals surface area contributed by atoms with Crippen molar-refractivity contribution < 1.29 is 9.13 Å². The molecule has 2 aliphatic heterocycles. The number of nitrogens with one attached hydrogen (secondary N) is 1. The van der Waals surface area contributed by atoms with Crippen molar-refractivity contribution in [1.82, 2.24) is 15.1 Å². The molecule has 0 spiro atoms. The molecule has 0 radical (unpaired) electrons. The van der Waals surface area contributed by atoms with Crippen LogP contribution in [0.3, 0.4) is 0 Å². The molecule has 2 heterocycles. The number of rotatable bonds is 6. The second kappa shape index (κ2) is 11.0. The van der Waals surface area contributed by atoms with Gasteiger partial charge in [-0.15, -0.1) is 24.0 Å². The minimum Gasteiger partial charge on any atom is -0.380 e. The molecule has 0 bridgehead atoms. The average Bonchev–Trinajstić information content (AvgIpc) is 3.32. The summed E-state index contributed by atoms with van der Waals surface area (Å²) < 4.78 is 18.8. The molecule has 1 N–H and O–H groups in total. The first kappa shape index (κ1) is 22.1. The quantitative estimate of drug-likeness (QED) is 0.290. The molecular weight excluding hydrogens is 458 g/mol. The van der Waals surface area contributed by atoms with E-state index in [1.165, 1.54) is 12.5 Å². The van der Waals surface area contributed by atoms with Crippen LogP contribution in [-0.4, -0.2) is 61.6 Å². The van der Waals surface area contributed by atoms with Crippen molar-refractivity contribution in [2.24, 2.45) is 4.99 Å². The Bertz CT molecular complexity index is 659. The van der Waals surface area contributed by atoms with Crippen LogP contribution in [0.5, 0.6) is 0 Å². The predicted molar refractivity (Wildman–Crippen MR) is 118 cm³/mol. The molecule has 1 saturated heterocycles. The smallest absolute Gasteiger partial charge is 0.194 e. The number of nitrogens with zero attached hydrogens (tertiary/aromatic N) is 3. The summed E-state index contributed by atoms with van der Waals surface area (Å²) in [6.45, 7) is 7.88. The van der Waals surface area contributed by atoms with Gasteiger partial charge in [-0.3, -0.25) is 4.90 Å². The molecule has 1 atom stereocenters. The summed E-state index contributed by atoms with van der Waals surface area (Å²) in [5, 5.41) is 3.40. The first-order valence-corrected chi connectivity index (χ1v) is 9.39. The van der Waals surface area contributed by atoms with Crippen molar-refractivity contribution in [1.29, 1.82) is 0 Å². The molecule has 1 aromatic carbocycles. The van der Waals surface area contributed by atoms with Crippen molar-refractivity contribution in [3.63, 3.8) is 0 Å². The molecule has 5 nitrogen and oxygen atoms in total. The van der Waals surface area contributed by atoms with E-state index in [0.717, 1.165) is 44.2 Å². The number of methoxy groups -OCH3 is 1. The first-order chi connectivity index (χ1) is 12.7. The van der Waals surface area contributed by atoms with E-state index in [1.807, 2.05) is 6.07 Å². The number of ether oxygens (including phenoxy) is 1. The van der Waals surface area contributed by atoms with Gasteiger partial charge >= 0.3 is 0 Å². The number of aliphatic imine (C=N–C) groups is 1. The van der Waals surface area contributed by atoms with Gasteiger partial charge in [0.25, 0.3) is 0 Å². The lowest BCUT2D eigenvalue weighted by Crippen LogP contribution is -2.42. The lowest BCUT2D eigenvalue weighted by molar-refractivity contribution is 0.181. The highest BCUT2D eigenvalue weighted by molar-refractivity contribution is 14.0. The SMILES string of the molecule is CCNC(=NCc1ccc(F)c(COC)c1)N1CCC(N2CC=CC2)C1.I. The molecule has 1 fully saturated rings. The van der Waals surface area contributed by atoms with Gasteiger partial charge in [-0.25, -0.2) is 9.38 Å². The topological polar surface area (TPSA) is 40.1 Å². The number of guanidine groups is 1. The second-order valence-electron chi connectivity index (χ2n) is 6.84. The molecule has 0 aliphatic carbocycles. The van der Waals surface area contributed by atoms with Gasteiger partial charge in [-0.2, -0.15) is 0 Å². The lowest BCUT2D eigenvalue weighted by atomic mass is 10.1. The molecule has 1 unspecified atom stereocenters. The predicted octanol–water partition coefficient (Wildman–Crippen LogP) is 3.00. The highest BCUT2D eigenvalue weighted by Gasteiger charge is 2.29. The maximum Gasteiger partial charge on any atom is 0.194 e. The van der Waals surface area contributed by atoms with Crippen LogP contribution >= 0.6 is 24.0 Å². The fourth-order valence-corrected chi connectivity index (χ4v) is 3.61. The summed E-state index contributed by atoms with van der Waals surface area (Å²) in [7, 11) is 1.58. The van der Waals surface area contributed by atoms with Crippen LogP contribution in [-0.2, 0) is 17.9 Å². The van der Waals surface area contributed by atoms with E-state index in [2.05, 4.69) is 34.2 Å². The monoisotopic (exact) mass is 488 g/mol. The molecule has 0 aromatic heterocycles. The third-order valence-corrected chi connectivity index (χ3v) is 4.98. The fourth-order valence-electron chi connectivity index (χ4n) is 3.61. The van der Waals surface area contributed by atoms with Gasteiger partial charge in [0, 0.05) is 51.4 Å². The molecule has 2 aliphatic rings. The second-order valence-corrected chi connectivity index (χ2v) is 6.84. The van der Waals surface area contributed by atoms with Crippen LogP contribution in [0, 0.1) is 5.82 Å². The van der Waals surface area contributed by atoms with Gasteiger partial charge in [0.2, 0.25) is 0 Å². The zero-order valence-corrected chi connectivity index (χ0v) is 18.5. The van der Waals surface area contributed by atoms with Gasteiger partial charge in [0.05, 0.1) is 13.2 Å². The molecule has 7 heteroatoms. The molecule has 27 heavy (non-hydrogen) atoms. The number of halogens is 2. The van der Waals surface area contributed by atoms with E-state index >= 15 is 0 Å². The summed E-state index contributed by atoms with van der Waals surface area (Å²) >= 11 is 0. The standard InChI is InChI=1S/C20H29FN4O.HI/c1-3-22-20(25-11-8-18(14-25)24-9-4-5-10-24)23-13-16-6-7-19(21)17(12-16)15-26-2;/h4-7,12,18H,3,8-11,13-15H2,1-2H3,(H,22,23);1H. The summed E-state index contributed by atoms with van der Waals surface area (Å²) in [6, 6.07) is 5.73. The van der Waals surface area contributed by atoms with E-state index in [-0.39, 0.29) is 36.4 Å². The van der Waals surface area contributed by atoms with Gasteiger partial charge < -0.3 is 15.0 Å². The number of benzene rings is 1. The zero-order valence-electron chi connectivity index (χ0n) is 16.2. The third-order valence-electron chi connectivity index (χ3n) is 4.98. The molecule has 1 aromatic rings. The Hall–Kier alpha value is -1.19. The van der Waals surface area contributed by atoms with Crippen LogP contribution in [0.25, 0.3) is 0 Å². The van der Waals surface area contributed by atoms with Crippen molar-refractivity contribution in [2.45, 2.75) is 32.5 Å². The Morgan fingerprint density at radius 1 is 1.33 bits per heavy atom. The normalized spacial score (nSPS) is 20.2. The van der Waals surface area contributed by atoms with E-state index < -0.39 is 0 Å². The maximum atomic E-state index is 13.8. The Morgan fingerprint density at radius 3 is 2.81 bits per heavy atom. The maximum absolute atomic E-state index is 13.8. The van der Waals surface area contributed by atoms with Crippen LogP contribution < -0.4 is 5.32 Å². The first-order valence-electron chi connectivity index (χ1n) is 9.39. The summed E-state index contributed by atoms with van der Waals surface area (Å²) in [6.07, 6.45) is 5.66. The minimum absolute atomic E-state index is 0. The van der Waals surface area contributed by atoms with Gasteiger partial charge in [-0.05, 0) is 31.0 Å². The molecular formula is C20H30FIN4O. The Balaban J connectivity index is 0.00000261. The Morgan fingerprint density at radius 2 is 2.11 bits per heavy atom. The van der Waals surface area contributed by atoms with Crippen molar-refractivity contribution in [3.8, 4) is 0 Å². The van der Waals surface area contributed by atoms with Crippen molar-refractivity contribution in [2.75, 3.05) is 39.8 Å².